The van der Waals surface area contributed by atoms with Crippen molar-refractivity contribution in [3.05, 3.63) is 66.1 Å². The number of benzene rings is 1. The van der Waals surface area contributed by atoms with Gasteiger partial charge in [0.15, 0.2) is 5.76 Å². The predicted molar refractivity (Wildman–Crippen MR) is 91.5 cm³/mol. The Morgan fingerprint density at radius 3 is 2.67 bits per heavy atom. The van der Waals surface area contributed by atoms with Crippen LogP contribution in [0.1, 0.15) is 24.2 Å². The van der Waals surface area contributed by atoms with Crippen molar-refractivity contribution in [3.8, 4) is 11.3 Å². The molecule has 122 valence electrons. The zero-order valence-electron chi connectivity index (χ0n) is 13.5. The second-order valence-corrected chi connectivity index (χ2v) is 5.44. The van der Waals surface area contributed by atoms with Crippen molar-refractivity contribution in [2.24, 2.45) is 0 Å². The van der Waals surface area contributed by atoms with E-state index in [2.05, 4.69) is 20.8 Å². The lowest BCUT2D eigenvalue weighted by Gasteiger charge is -2.14. The largest absolute Gasteiger partial charge is 0.354 e. The van der Waals surface area contributed by atoms with E-state index in [-0.39, 0.29) is 12.1 Å². The Hall–Kier alpha value is -3.15. The number of anilines is 1. The Labute approximate surface area is 139 Å². The van der Waals surface area contributed by atoms with Crippen molar-refractivity contribution in [2.75, 3.05) is 5.32 Å². The van der Waals surface area contributed by atoms with Gasteiger partial charge >= 0.3 is 6.03 Å². The van der Waals surface area contributed by atoms with Crippen molar-refractivity contribution in [1.82, 2.24) is 15.5 Å². The molecule has 0 radical (unpaired) electrons. The molecule has 2 heterocycles. The van der Waals surface area contributed by atoms with Gasteiger partial charge in [0.2, 0.25) is 0 Å². The van der Waals surface area contributed by atoms with Crippen LogP contribution in [0.3, 0.4) is 0 Å². The molecule has 0 bridgehead atoms. The van der Waals surface area contributed by atoms with Gasteiger partial charge in [0.25, 0.3) is 0 Å². The van der Waals surface area contributed by atoms with E-state index in [4.69, 9.17) is 4.52 Å². The molecular weight excluding hydrogens is 304 g/mol. The van der Waals surface area contributed by atoms with Crippen LogP contribution in [0.5, 0.6) is 0 Å². The molecule has 0 aliphatic rings. The lowest BCUT2D eigenvalue weighted by molar-refractivity contribution is 0.249. The zero-order chi connectivity index (χ0) is 16.9. The third-order valence-electron chi connectivity index (χ3n) is 3.67. The van der Waals surface area contributed by atoms with Crippen LogP contribution in [0.4, 0.5) is 10.5 Å². The summed E-state index contributed by atoms with van der Waals surface area (Å²) in [5, 5.41) is 9.67. The molecule has 2 N–H and O–H groups in total. The van der Waals surface area contributed by atoms with Gasteiger partial charge in [-0.25, -0.2) is 4.79 Å². The van der Waals surface area contributed by atoms with Crippen LogP contribution in [0.15, 0.2) is 59.4 Å². The number of hydrogen-bond acceptors (Lipinski definition) is 4. The number of pyridine rings is 1. The molecule has 0 unspecified atom stereocenters. The number of nitrogens with zero attached hydrogens (tertiary/aromatic N) is 2. The number of urea groups is 1. The summed E-state index contributed by atoms with van der Waals surface area (Å²) >= 11 is 0. The molecular formula is C18H18N4O2. The first-order valence-electron chi connectivity index (χ1n) is 7.64. The van der Waals surface area contributed by atoms with Crippen molar-refractivity contribution in [2.45, 2.75) is 19.9 Å². The number of carbonyl (C=O) groups is 1. The average Bonchev–Trinajstić information content (AvgIpc) is 2.97. The van der Waals surface area contributed by atoms with Crippen LogP contribution in [0.25, 0.3) is 11.3 Å². The number of aryl methyl sites for hydroxylation is 1. The van der Waals surface area contributed by atoms with Gasteiger partial charge in [-0.3, -0.25) is 4.98 Å². The third kappa shape index (κ3) is 3.43. The standard InChI is InChI=1S/C18H18N4O2/c1-12(15-9-6-10-19-11-15)20-18(23)21-16-13(2)22-24-17(16)14-7-4-3-5-8-14/h3-12H,1-2H3,(H2,20,21,23)/t12-/m0/s1. The SMILES string of the molecule is Cc1noc(-c2ccccc2)c1NC(=O)N[C@@H](C)c1cccnc1. The molecule has 3 rings (SSSR count). The van der Waals surface area contributed by atoms with Crippen LogP contribution >= 0.6 is 0 Å². The predicted octanol–water partition coefficient (Wildman–Crippen LogP) is 3.93. The molecule has 1 atom stereocenters. The number of carbonyl (C=O) groups excluding carboxylic acids is 1. The molecule has 3 aromatic rings. The molecule has 0 spiro atoms. The molecule has 2 aromatic heterocycles. The Morgan fingerprint density at radius 2 is 1.96 bits per heavy atom. The van der Waals surface area contributed by atoms with E-state index in [0.717, 1.165) is 11.1 Å². The molecule has 1 aromatic carbocycles. The number of rotatable bonds is 4. The van der Waals surface area contributed by atoms with Gasteiger partial charge in [-0.1, -0.05) is 41.6 Å². The van der Waals surface area contributed by atoms with Gasteiger partial charge in [-0.05, 0) is 25.5 Å². The highest BCUT2D eigenvalue weighted by atomic mass is 16.5. The summed E-state index contributed by atoms with van der Waals surface area (Å²) in [5.74, 6) is 0.539. The minimum Gasteiger partial charge on any atom is -0.354 e. The fraction of sp³-hybridized carbons (Fsp3) is 0.167. The highest BCUT2D eigenvalue weighted by molar-refractivity contribution is 5.94. The van der Waals surface area contributed by atoms with Crippen LogP contribution in [0.2, 0.25) is 0 Å². The molecule has 2 amide bonds. The second kappa shape index (κ2) is 6.95. The Kier molecular flexibility index (Phi) is 4.56. The van der Waals surface area contributed by atoms with E-state index in [1.54, 1.807) is 19.3 Å². The Balaban J connectivity index is 1.74. The summed E-state index contributed by atoms with van der Waals surface area (Å²) in [6, 6.07) is 12.8. The minimum absolute atomic E-state index is 0.168. The van der Waals surface area contributed by atoms with Crippen molar-refractivity contribution >= 4 is 11.7 Å². The van der Waals surface area contributed by atoms with Gasteiger partial charge in [-0.15, -0.1) is 0 Å². The van der Waals surface area contributed by atoms with Crippen molar-refractivity contribution in [3.63, 3.8) is 0 Å². The van der Waals surface area contributed by atoms with Crippen LogP contribution in [-0.2, 0) is 0 Å². The monoisotopic (exact) mass is 322 g/mol. The van der Waals surface area contributed by atoms with Crippen LogP contribution < -0.4 is 10.6 Å². The molecule has 0 saturated heterocycles. The van der Waals surface area contributed by atoms with Gasteiger partial charge in [-0.2, -0.15) is 0 Å². The lowest BCUT2D eigenvalue weighted by atomic mass is 10.1. The molecule has 0 fully saturated rings. The maximum absolute atomic E-state index is 12.3. The van der Waals surface area contributed by atoms with E-state index in [1.807, 2.05) is 49.4 Å². The summed E-state index contributed by atoms with van der Waals surface area (Å²) < 4.78 is 5.37. The minimum atomic E-state index is -0.324. The van der Waals surface area contributed by atoms with E-state index >= 15 is 0 Å². The fourth-order valence-corrected chi connectivity index (χ4v) is 2.37. The normalized spacial score (nSPS) is 11.8. The molecule has 24 heavy (non-hydrogen) atoms. The first kappa shape index (κ1) is 15.7. The quantitative estimate of drug-likeness (QED) is 0.762. The Bertz CT molecular complexity index is 816. The maximum atomic E-state index is 12.3. The maximum Gasteiger partial charge on any atom is 0.319 e. The number of amides is 2. The highest BCUT2D eigenvalue weighted by Crippen LogP contribution is 2.30. The summed E-state index contributed by atoms with van der Waals surface area (Å²) in [5.41, 5.74) is 2.97. The van der Waals surface area contributed by atoms with Gasteiger partial charge in [0.05, 0.1) is 6.04 Å². The summed E-state index contributed by atoms with van der Waals surface area (Å²) in [4.78, 5) is 16.4. The van der Waals surface area contributed by atoms with Gasteiger partial charge in [0.1, 0.15) is 11.4 Å². The number of nitrogens with one attached hydrogen (secondary N) is 2. The topological polar surface area (TPSA) is 80.0 Å². The fourth-order valence-electron chi connectivity index (χ4n) is 2.37. The lowest BCUT2D eigenvalue weighted by Crippen LogP contribution is -2.31. The van der Waals surface area contributed by atoms with Crippen molar-refractivity contribution in [1.29, 1.82) is 0 Å². The van der Waals surface area contributed by atoms with Gasteiger partial charge < -0.3 is 15.2 Å². The summed E-state index contributed by atoms with van der Waals surface area (Å²) in [6.07, 6.45) is 3.42. The zero-order valence-corrected chi connectivity index (χ0v) is 13.5. The molecule has 6 heteroatoms. The molecule has 0 aliphatic carbocycles. The van der Waals surface area contributed by atoms with E-state index in [0.29, 0.717) is 17.1 Å². The summed E-state index contributed by atoms with van der Waals surface area (Å²) in [7, 11) is 0. The third-order valence-corrected chi connectivity index (χ3v) is 3.67. The number of aromatic nitrogens is 2. The first-order valence-corrected chi connectivity index (χ1v) is 7.64. The van der Waals surface area contributed by atoms with Crippen LogP contribution in [0, 0.1) is 6.92 Å². The molecule has 0 saturated carbocycles. The van der Waals surface area contributed by atoms with E-state index in [9.17, 15) is 4.79 Å². The van der Waals surface area contributed by atoms with E-state index < -0.39 is 0 Å². The van der Waals surface area contributed by atoms with E-state index in [1.165, 1.54) is 0 Å². The summed E-state index contributed by atoms with van der Waals surface area (Å²) in [6.45, 7) is 3.69. The molecule has 6 nitrogen and oxygen atoms in total. The Morgan fingerprint density at radius 1 is 1.17 bits per heavy atom. The highest BCUT2D eigenvalue weighted by Gasteiger charge is 2.18. The number of hydrogen-bond donors (Lipinski definition) is 2. The smallest absolute Gasteiger partial charge is 0.319 e. The van der Waals surface area contributed by atoms with Crippen LogP contribution in [-0.4, -0.2) is 16.2 Å². The molecule has 0 aliphatic heterocycles. The second-order valence-electron chi connectivity index (χ2n) is 5.44. The first-order chi connectivity index (χ1) is 11.6. The average molecular weight is 322 g/mol. The van der Waals surface area contributed by atoms with Crippen molar-refractivity contribution < 1.29 is 9.32 Å². The van der Waals surface area contributed by atoms with Gasteiger partial charge in [0, 0.05) is 18.0 Å².